The SMILES string of the molecule is O=C([O-])C(=O)[O-].O=C([O-])C(=O)[O-].[Co+3].[NH-]CC[NH-]. The molecule has 10 nitrogen and oxygen atoms in total. The Kier molecular flexibility index (Phi) is 24.1. The summed E-state index contributed by atoms with van der Waals surface area (Å²) >= 11 is 0. The van der Waals surface area contributed by atoms with E-state index in [1.807, 2.05) is 0 Å². The Hall–Kier alpha value is -1.69. The second-order valence-electron chi connectivity index (χ2n) is 1.65. The van der Waals surface area contributed by atoms with E-state index in [-0.39, 0.29) is 29.9 Å². The topological polar surface area (TPSA) is 208 Å². The van der Waals surface area contributed by atoms with Crippen LogP contribution in [0, 0.1) is 0 Å². The monoisotopic (exact) mass is 293 g/mol. The number of nitrogens with one attached hydrogen (secondary N) is 2. The third-order valence-corrected chi connectivity index (χ3v) is 0.458. The van der Waals surface area contributed by atoms with Crippen LogP contribution < -0.4 is 20.4 Å². The predicted molar refractivity (Wildman–Crippen MR) is 38.4 cm³/mol. The van der Waals surface area contributed by atoms with Crippen LogP contribution in [-0.4, -0.2) is 37.0 Å². The van der Waals surface area contributed by atoms with Gasteiger partial charge in [0, 0.05) is 0 Å². The molecule has 0 saturated carbocycles. The maximum Gasteiger partial charge on any atom is 3.00 e. The zero-order chi connectivity index (χ0) is 13.7. The van der Waals surface area contributed by atoms with Gasteiger partial charge >= 0.3 is 16.8 Å². The minimum Gasteiger partial charge on any atom is -0.679 e. The second kappa shape index (κ2) is 16.7. The zero-order valence-corrected chi connectivity index (χ0v) is 9.05. The summed E-state index contributed by atoms with van der Waals surface area (Å²) in [6.07, 6.45) is 0. The Morgan fingerprint density at radius 2 is 0.765 bits per heavy atom. The first kappa shape index (κ1) is 24.5. The van der Waals surface area contributed by atoms with Crippen molar-refractivity contribution < 1.29 is 56.4 Å². The largest absolute Gasteiger partial charge is 3.00 e. The van der Waals surface area contributed by atoms with Crippen LogP contribution in [0.1, 0.15) is 0 Å². The molecular weight excluding hydrogens is 287 g/mol. The van der Waals surface area contributed by atoms with E-state index < -0.39 is 23.9 Å². The van der Waals surface area contributed by atoms with Crippen molar-refractivity contribution in [2.45, 2.75) is 0 Å². The molecule has 0 aliphatic carbocycles. The molecule has 11 heteroatoms. The minimum atomic E-state index is -2.19. The van der Waals surface area contributed by atoms with Crippen LogP contribution in [0.25, 0.3) is 11.5 Å². The first-order valence-electron chi connectivity index (χ1n) is 3.34. The third-order valence-electron chi connectivity index (χ3n) is 0.458. The first-order valence-corrected chi connectivity index (χ1v) is 3.34. The smallest absolute Gasteiger partial charge is 0.679 e. The van der Waals surface area contributed by atoms with Crippen molar-refractivity contribution >= 4 is 23.9 Å². The van der Waals surface area contributed by atoms with Crippen LogP contribution in [0.3, 0.4) is 0 Å². The van der Waals surface area contributed by atoms with Crippen molar-refractivity contribution in [3.8, 4) is 0 Å². The van der Waals surface area contributed by atoms with E-state index in [1.165, 1.54) is 0 Å². The zero-order valence-electron chi connectivity index (χ0n) is 8.01. The number of rotatable bonds is 1. The molecule has 0 heterocycles. The van der Waals surface area contributed by atoms with E-state index in [9.17, 15) is 0 Å². The van der Waals surface area contributed by atoms with Gasteiger partial charge in [-0.1, -0.05) is 0 Å². The molecule has 0 bridgehead atoms. The van der Waals surface area contributed by atoms with Crippen molar-refractivity contribution in [2.24, 2.45) is 0 Å². The average Bonchev–Trinajstić information content (AvgIpc) is 2.18. The quantitative estimate of drug-likeness (QED) is 0.423. The predicted octanol–water partition coefficient (Wildman–Crippen LogP) is -5.94. The van der Waals surface area contributed by atoms with Crippen LogP contribution in [0.15, 0.2) is 0 Å². The maximum absolute atomic E-state index is 8.93. The Bertz CT molecular complexity index is 206. The summed E-state index contributed by atoms with van der Waals surface area (Å²) < 4.78 is 0. The standard InChI is InChI=1S/C2H6N2.2C2H2O4.Co/c3-1-2-4;2*3-1(4)2(5)6;/h3-4H,1-2H2;2*(H,3,4)(H,5,6);/q-2;;;+3/p-4. The fraction of sp³-hybridized carbons (Fsp3) is 0.333. The fourth-order valence-electron chi connectivity index (χ4n) is 0. The Morgan fingerprint density at radius 1 is 0.647 bits per heavy atom. The third kappa shape index (κ3) is 40.6. The van der Waals surface area contributed by atoms with Crippen LogP contribution in [0.4, 0.5) is 0 Å². The van der Waals surface area contributed by atoms with Crippen molar-refractivity contribution in [1.82, 2.24) is 0 Å². The summed E-state index contributed by atoms with van der Waals surface area (Å²) in [5.74, 6) is -8.74. The number of carbonyl (C=O) groups is 4. The number of aliphatic carboxylic acids is 4. The molecule has 0 rings (SSSR count). The molecule has 0 amide bonds. The molecule has 0 aliphatic rings. The van der Waals surface area contributed by atoms with Crippen LogP contribution in [0.2, 0.25) is 0 Å². The summed E-state index contributed by atoms with van der Waals surface area (Å²) in [5.41, 5.74) is 12.5. The van der Waals surface area contributed by atoms with E-state index in [2.05, 4.69) is 0 Å². The van der Waals surface area contributed by atoms with Gasteiger partial charge in [0.2, 0.25) is 0 Å². The normalized spacial score (nSPS) is 6.94. The van der Waals surface area contributed by atoms with Gasteiger partial charge in [-0.15, -0.1) is 0 Å². The molecular formula is C6H6CoN2O8-3. The van der Waals surface area contributed by atoms with Crippen molar-refractivity contribution in [1.29, 1.82) is 0 Å². The molecule has 0 spiro atoms. The van der Waals surface area contributed by atoms with E-state index in [0.717, 1.165) is 0 Å². The van der Waals surface area contributed by atoms with Gasteiger partial charge in [-0.05, 0) is 0 Å². The molecule has 0 fully saturated rings. The van der Waals surface area contributed by atoms with Gasteiger partial charge in [0.05, 0.1) is 23.9 Å². The van der Waals surface area contributed by atoms with Crippen LogP contribution >= 0.6 is 0 Å². The maximum atomic E-state index is 8.93. The molecule has 0 aromatic heterocycles. The van der Waals surface area contributed by atoms with Crippen molar-refractivity contribution in [2.75, 3.05) is 13.1 Å². The molecule has 0 unspecified atom stereocenters. The summed E-state index contributed by atoms with van der Waals surface area (Å²) in [6, 6.07) is 0. The Balaban J connectivity index is -0.0000000741. The molecule has 17 heavy (non-hydrogen) atoms. The Morgan fingerprint density at radius 3 is 0.765 bits per heavy atom. The first-order chi connectivity index (χ1) is 7.20. The molecule has 0 radical (unpaired) electrons. The van der Waals surface area contributed by atoms with Gasteiger partial charge in [0.25, 0.3) is 0 Å². The summed E-state index contributed by atoms with van der Waals surface area (Å²) in [4.78, 5) is 35.7. The number of carboxylic acids is 4. The van der Waals surface area contributed by atoms with E-state index in [4.69, 9.17) is 51.1 Å². The molecule has 0 aromatic carbocycles. The van der Waals surface area contributed by atoms with Crippen molar-refractivity contribution in [3.05, 3.63) is 11.5 Å². The fourth-order valence-corrected chi connectivity index (χ4v) is 0. The molecule has 0 saturated heterocycles. The van der Waals surface area contributed by atoms with E-state index in [0.29, 0.717) is 0 Å². The second-order valence-corrected chi connectivity index (χ2v) is 1.65. The number of carbonyl (C=O) groups excluding carboxylic acids is 4. The summed E-state index contributed by atoms with van der Waals surface area (Å²) in [7, 11) is 0. The van der Waals surface area contributed by atoms with E-state index in [1.54, 1.807) is 0 Å². The van der Waals surface area contributed by atoms with Crippen molar-refractivity contribution in [3.63, 3.8) is 0 Å². The van der Waals surface area contributed by atoms with Gasteiger partial charge in [0.15, 0.2) is 0 Å². The van der Waals surface area contributed by atoms with Gasteiger partial charge in [0.1, 0.15) is 0 Å². The molecule has 2 N–H and O–H groups in total. The molecule has 0 aliphatic heterocycles. The number of carboxylic acid groups (broad SMARTS) is 4. The van der Waals surface area contributed by atoms with Gasteiger partial charge < -0.3 is 51.1 Å². The molecule has 0 aromatic rings. The van der Waals surface area contributed by atoms with Crippen LogP contribution in [0.5, 0.6) is 0 Å². The minimum absolute atomic E-state index is 0. The van der Waals surface area contributed by atoms with Crippen LogP contribution in [-0.2, 0) is 36.0 Å². The van der Waals surface area contributed by atoms with Gasteiger partial charge in [-0.2, -0.15) is 13.1 Å². The average molecular weight is 293 g/mol. The molecule has 0 atom stereocenters. The summed E-state index contributed by atoms with van der Waals surface area (Å²) in [5, 5.41) is 35.7. The van der Waals surface area contributed by atoms with E-state index >= 15 is 0 Å². The molecule has 100 valence electrons. The Labute approximate surface area is 105 Å². The number of hydrogen-bond donors (Lipinski definition) is 0. The number of hydrogen-bond acceptors (Lipinski definition) is 8. The summed E-state index contributed by atoms with van der Waals surface area (Å²) in [6.45, 7) is 0.472. The van der Waals surface area contributed by atoms with Gasteiger partial charge in [-0.25, -0.2) is 0 Å². The van der Waals surface area contributed by atoms with Gasteiger partial charge in [-0.3, -0.25) is 0 Å².